The molecule has 37 heavy (non-hydrogen) atoms. The minimum absolute atomic E-state index is 0.0196. The minimum atomic E-state index is -4.55. The molecule has 0 bridgehead atoms. The Morgan fingerprint density at radius 2 is 1.86 bits per heavy atom. The fourth-order valence-electron chi connectivity index (χ4n) is 4.54. The maximum Gasteiger partial charge on any atom is 0.416 e. The summed E-state index contributed by atoms with van der Waals surface area (Å²) in [7, 11) is 0. The third kappa shape index (κ3) is 6.56. The van der Waals surface area contributed by atoms with E-state index in [1.54, 1.807) is 56.3 Å². The average Bonchev–Trinajstić information content (AvgIpc) is 2.88. The Balaban J connectivity index is 2.00. The molecule has 0 saturated carbocycles. The second-order valence-corrected chi connectivity index (χ2v) is 9.01. The first-order valence-corrected chi connectivity index (χ1v) is 12.0. The number of piperidine rings is 1. The Bertz CT molecular complexity index is 1200. The summed E-state index contributed by atoms with van der Waals surface area (Å²) in [6.07, 6.45) is 1.07. The van der Waals surface area contributed by atoms with Gasteiger partial charge in [0, 0.05) is 12.2 Å². The topological polar surface area (TPSA) is 49.4 Å². The molecule has 2 atom stereocenters. The van der Waals surface area contributed by atoms with Crippen molar-refractivity contribution < 1.29 is 27.2 Å². The molecule has 196 valence electrons. The number of aryl methyl sites for hydroxylation is 1. The minimum Gasteiger partial charge on any atom is -0.331 e. The number of likely N-dealkylation sites (tertiary alicyclic amines) is 1. The highest BCUT2D eigenvalue weighted by atomic mass is 19.4. The Morgan fingerprint density at radius 3 is 2.49 bits per heavy atom. The Hall–Kier alpha value is -3.68. The molecule has 0 aromatic heterocycles. The van der Waals surface area contributed by atoms with Crippen LogP contribution in [0.3, 0.4) is 0 Å². The van der Waals surface area contributed by atoms with Gasteiger partial charge in [0.2, 0.25) is 5.91 Å². The lowest BCUT2D eigenvalue weighted by atomic mass is 9.83. The molecule has 0 spiro atoms. The number of rotatable bonds is 7. The molecule has 2 amide bonds. The van der Waals surface area contributed by atoms with Crippen LogP contribution in [0.25, 0.3) is 0 Å². The van der Waals surface area contributed by atoms with Gasteiger partial charge in [0.1, 0.15) is 6.67 Å². The Labute approximate surface area is 214 Å². The van der Waals surface area contributed by atoms with Crippen molar-refractivity contribution in [2.75, 3.05) is 18.5 Å². The molecule has 1 fully saturated rings. The van der Waals surface area contributed by atoms with Gasteiger partial charge in [-0.3, -0.25) is 9.59 Å². The van der Waals surface area contributed by atoms with Crippen molar-refractivity contribution in [1.82, 2.24) is 4.90 Å². The van der Waals surface area contributed by atoms with E-state index in [4.69, 9.17) is 0 Å². The van der Waals surface area contributed by atoms with Crippen LogP contribution in [-0.4, -0.2) is 29.9 Å². The van der Waals surface area contributed by atoms with Crippen molar-refractivity contribution in [2.24, 2.45) is 5.92 Å². The first kappa shape index (κ1) is 27.9. The fraction of sp³-hybridized carbons (Fsp3) is 0.310. The molecule has 0 unspecified atom stereocenters. The lowest BCUT2D eigenvalue weighted by Gasteiger charge is -2.41. The number of hydrogen-bond donors (Lipinski definition) is 1. The van der Waals surface area contributed by atoms with Gasteiger partial charge in [-0.25, -0.2) is 4.39 Å². The molecule has 2 aromatic rings. The van der Waals surface area contributed by atoms with Gasteiger partial charge in [0.05, 0.1) is 23.1 Å². The van der Waals surface area contributed by atoms with Crippen molar-refractivity contribution in [3.05, 3.63) is 101 Å². The summed E-state index contributed by atoms with van der Waals surface area (Å²) in [5, 5.41) is 2.66. The molecule has 0 aliphatic carbocycles. The molecular formula is C29H30F4N2O2. The SMILES string of the molecule is C=C/C=C\C(C)=C(/CF)C(=O)N1CCC[C@H](C(=O)Nc2cc(C(F)(F)F)ccc2C)[C@@H]1c1ccccc1. The molecule has 3 rings (SSSR count). The average molecular weight is 515 g/mol. The smallest absolute Gasteiger partial charge is 0.331 e. The van der Waals surface area contributed by atoms with Crippen LogP contribution in [0.4, 0.5) is 23.2 Å². The molecule has 1 aliphatic rings. The van der Waals surface area contributed by atoms with Gasteiger partial charge < -0.3 is 10.2 Å². The molecule has 2 aromatic carbocycles. The number of allylic oxidation sites excluding steroid dienone is 4. The zero-order valence-corrected chi connectivity index (χ0v) is 20.8. The second-order valence-electron chi connectivity index (χ2n) is 9.01. The quantitative estimate of drug-likeness (QED) is 0.247. The van der Waals surface area contributed by atoms with E-state index in [-0.39, 0.29) is 11.3 Å². The number of hydrogen-bond acceptors (Lipinski definition) is 2. The number of amides is 2. The highest BCUT2D eigenvalue weighted by Crippen LogP contribution is 2.39. The van der Waals surface area contributed by atoms with Gasteiger partial charge in [0.15, 0.2) is 0 Å². The summed E-state index contributed by atoms with van der Waals surface area (Å²) in [5.74, 6) is -1.77. The molecular weight excluding hydrogens is 484 g/mol. The van der Waals surface area contributed by atoms with Gasteiger partial charge >= 0.3 is 6.18 Å². The fourth-order valence-corrected chi connectivity index (χ4v) is 4.54. The molecule has 1 aliphatic heterocycles. The van der Waals surface area contributed by atoms with Gasteiger partial charge in [-0.05, 0) is 55.5 Å². The summed E-state index contributed by atoms with van der Waals surface area (Å²) in [6, 6.07) is 11.4. The van der Waals surface area contributed by atoms with Crippen molar-refractivity contribution in [3.8, 4) is 0 Å². The lowest BCUT2D eigenvalue weighted by Crippen LogP contribution is -2.47. The predicted molar refractivity (Wildman–Crippen MR) is 136 cm³/mol. The van der Waals surface area contributed by atoms with Crippen molar-refractivity contribution >= 4 is 17.5 Å². The van der Waals surface area contributed by atoms with Crippen LogP contribution in [0.2, 0.25) is 0 Å². The van der Waals surface area contributed by atoms with Crippen LogP contribution in [0.1, 0.15) is 42.5 Å². The van der Waals surface area contributed by atoms with Crippen LogP contribution < -0.4 is 5.32 Å². The predicted octanol–water partition coefficient (Wildman–Crippen LogP) is 6.96. The zero-order valence-electron chi connectivity index (χ0n) is 20.8. The van der Waals surface area contributed by atoms with E-state index >= 15 is 0 Å². The molecule has 1 N–H and O–H groups in total. The van der Waals surface area contributed by atoms with E-state index < -0.39 is 42.2 Å². The molecule has 1 saturated heterocycles. The van der Waals surface area contributed by atoms with E-state index in [0.717, 1.165) is 12.1 Å². The van der Waals surface area contributed by atoms with E-state index in [1.165, 1.54) is 17.0 Å². The normalized spacial score (nSPS) is 18.9. The number of nitrogens with one attached hydrogen (secondary N) is 1. The van der Waals surface area contributed by atoms with Crippen molar-refractivity contribution in [1.29, 1.82) is 0 Å². The van der Waals surface area contributed by atoms with Gasteiger partial charge in [0.25, 0.3) is 5.91 Å². The third-order valence-electron chi connectivity index (χ3n) is 6.54. The van der Waals surface area contributed by atoms with Crippen LogP contribution >= 0.6 is 0 Å². The van der Waals surface area contributed by atoms with Gasteiger partial charge in [-0.1, -0.05) is 61.2 Å². The summed E-state index contributed by atoms with van der Waals surface area (Å²) in [6.45, 7) is 6.16. The molecule has 1 heterocycles. The lowest BCUT2D eigenvalue weighted by molar-refractivity contribution is -0.138. The number of benzene rings is 2. The van der Waals surface area contributed by atoms with E-state index in [0.29, 0.717) is 36.1 Å². The maximum atomic E-state index is 14.1. The summed E-state index contributed by atoms with van der Waals surface area (Å²) in [5.41, 5.74) is 0.792. The highest BCUT2D eigenvalue weighted by molar-refractivity contribution is 5.97. The number of carbonyl (C=O) groups excluding carboxylic acids is 2. The standard InChI is InChI=1S/C29H30F4N2O2/c1-4-5-10-19(2)24(18-30)28(37)35-16-9-13-23(26(35)21-11-7-6-8-12-21)27(36)34-25-17-22(29(31,32)33)15-14-20(25)3/h4-8,10-12,14-15,17,23,26H,1,9,13,16,18H2,2-3H3,(H,34,36)/b10-5-,24-19+/t23-,26-/m0/s1. The molecule has 8 heteroatoms. The van der Waals surface area contributed by atoms with Crippen molar-refractivity contribution in [2.45, 2.75) is 38.9 Å². The summed E-state index contributed by atoms with van der Waals surface area (Å²) < 4.78 is 53.9. The Kier molecular flexibility index (Phi) is 9.08. The maximum absolute atomic E-state index is 14.1. The van der Waals surface area contributed by atoms with E-state index in [9.17, 15) is 27.2 Å². The zero-order chi connectivity index (χ0) is 27.2. The number of carbonyl (C=O) groups is 2. The number of nitrogens with zero attached hydrogens (tertiary/aromatic N) is 1. The number of alkyl halides is 4. The molecule has 0 radical (unpaired) electrons. The largest absolute Gasteiger partial charge is 0.416 e. The van der Waals surface area contributed by atoms with Gasteiger partial charge in [-0.2, -0.15) is 13.2 Å². The first-order chi connectivity index (χ1) is 17.6. The first-order valence-electron chi connectivity index (χ1n) is 12.0. The van der Waals surface area contributed by atoms with Crippen LogP contribution in [0.5, 0.6) is 0 Å². The number of anilines is 1. The summed E-state index contributed by atoms with van der Waals surface area (Å²) in [4.78, 5) is 28.6. The van der Waals surface area contributed by atoms with Gasteiger partial charge in [-0.15, -0.1) is 0 Å². The second kappa shape index (κ2) is 12.0. The van der Waals surface area contributed by atoms with Crippen LogP contribution in [0.15, 0.2) is 84.5 Å². The monoisotopic (exact) mass is 514 g/mol. The van der Waals surface area contributed by atoms with E-state index in [1.807, 2.05) is 0 Å². The molecule has 4 nitrogen and oxygen atoms in total. The van der Waals surface area contributed by atoms with Crippen LogP contribution in [0, 0.1) is 12.8 Å². The van der Waals surface area contributed by atoms with Crippen LogP contribution in [-0.2, 0) is 15.8 Å². The summed E-state index contributed by atoms with van der Waals surface area (Å²) >= 11 is 0. The third-order valence-corrected chi connectivity index (χ3v) is 6.54. The Morgan fingerprint density at radius 1 is 1.16 bits per heavy atom. The van der Waals surface area contributed by atoms with E-state index in [2.05, 4.69) is 11.9 Å². The highest BCUT2D eigenvalue weighted by Gasteiger charge is 2.40. The number of halogens is 4. The van der Waals surface area contributed by atoms with Crippen molar-refractivity contribution in [3.63, 3.8) is 0 Å².